The van der Waals surface area contributed by atoms with Gasteiger partial charge in [0.2, 0.25) is 0 Å². The van der Waals surface area contributed by atoms with Crippen LogP contribution in [0, 0.1) is 0 Å². The maximum atomic E-state index is 6.28. The van der Waals surface area contributed by atoms with Crippen LogP contribution in [-0.4, -0.2) is 21.5 Å². The van der Waals surface area contributed by atoms with Gasteiger partial charge < -0.3 is 0 Å². The van der Waals surface area contributed by atoms with Crippen LogP contribution in [0.15, 0.2) is 41.0 Å². The van der Waals surface area contributed by atoms with Gasteiger partial charge in [-0.3, -0.25) is 4.68 Å². The predicted molar refractivity (Wildman–Crippen MR) is 88.8 cm³/mol. The first-order valence-electron chi connectivity index (χ1n) is 6.47. The zero-order valence-corrected chi connectivity index (χ0v) is 14.4. The zero-order valence-electron chi connectivity index (χ0n) is 11.3. The van der Waals surface area contributed by atoms with Crippen molar-refractivity contribution < 1.29 is 0 Å². The molecule has 0 bridgehead atoms. The molecule has 0 amide bonds. The Labute approximate surface area is 138 Å². The molecule has 0 fully saturated rings. The zero-order chi connectivity index (χ0) is 14.6. The van der Waals surface area contributed by atoms with Gasteiger partial charge in [-0.2, -0.15) is 5.10 Å². The van der Waals surface area contributed by atoms with Gasteiger partial charge in [-0.05, 0) is 30.5 Å². The lowest BCUT2D eigenvalue weighted by Crippen LogP contribution is -2.32. The summed E-state index contributed by atoms with van der Waals surface area (Å²) in [6, 6.07) is 10.2. The first kappa shape index (κ1) is 15.9. The molecule has 0 aliphatic carbocycles. The minimum Gasteiger partial charge on any atom is -0.273 e. The summed E-state index contributed by atoms with van der Waals surface area (Å²) in [7, 11) is 1.96. The third kappa shape index (κ3) is 3.21. The Hall–Kier alpha value is -0.510. The summed E-state index contributed by atoms with van der Waals surface area (Å²) in [4.78, 5) is 0. The van der Waals surface area contributed by atoms with E-state index in [4.69, 9.17) is 23.2 Å². The van der Waals surface area contributed by atoms with Crippen LogP contribution in [0.5, 0.6) is 0 Å². The van der Waals surface area contributed by atoms with Crippen molar-refractivity contribution in [2.75, 3.05) is 11.8 Å². The lowest BCUT2D eigenvalue weighted by molar-refractivity contribution is 0.480. The van der Waals surface area contributed by atoms with Crippen molar-refractivity contribution in [2.24, 2.45) is 7.05 Å². The second-order valence-corrected chi connectivity index (χ2v) is 6.36. The molecule has 0 aliphatic rings. The van der Waals surface area contributed by atoms with E-state index in [2.05, 4.69) is 27.1 Å². The van der Waals surface area contributed by atoms with Crippen molar-refractivity contribution >= 4 is 39.1 Å². The van der Waals surface area contributed by atoms with Gasteiger partial charge in [-0.1, -0.05) is 34.1 Å². The minimum atomic E-state index is -0.229. The van der Waals surface area contributed by atoms with Gasteiger partial charge in [0.15, 0.2) is 0 Å². The molecule has 0 saturated carbocycles. The van der Waals surface area contributed by atoms with Crippen LogP contribution in [0.1, 0.15) is 17.7 Å². The maximum Gasteiger partial charge on any atom is 0.0492 e. The number of halogens is 3. The fourth-order valence-corrected chi connectivity index (χ4v) is 3.90. The van der Waals surface area contributed by atoms with Crippen LogP contribution < -0.4 is 0 Å². The molecule has 2 aromatic rings. The third-order valence-electron chi connectivity index (χ3n) is 3.74. The number of rotatable bonds is 6. The third-order valence-corrected chi connectivity index (χ3v) is 5.45. The summed E-state index contributed by atoms with van der Waals surface area (Å²) in [5.74, 6) is 0.994. The standard InChI is InChI=1S/C15H17BrCl2N2/c1-20-12(7-9-19-20)6-8-15(10-17,11-18)13-4-2-3-5-14(13)16/h2-5,7,9H,6,8,10-11H2,1H3. The number of benzene rings is 1. The summed E-state index contributed by atoms with van der Waals surface area (Å²) >= 11 is 16.2. The number of alkyl halides is 2. The largest absolute Gasteiger partial charge is 0.273 e. The molecular weight excluding hydrogens is 359 g/mol. The van der Waals surface area contributed by atoms with E-state index in [0.29, 0.717) is 11.8 Å². The Balaban J connectivity index is 2.26. The smallest absolute Gasteiger partial charge is 0.0492 e. The molecular formula is C15H17BrCl2N2. The Bertz CT molecular complexity index is 565. The van der Waals surface area contributed by atoms with Gasteiger partial charge in [0, 0.05) is 40.6 Å². The van der Waals surface area contributed by atoms with Gasteiger partial charge in [-0.15, -0.1) is 23.2 Å². The summed E-state index contributed by atoms with van der Waals surface area (Å²) in [5, 5.41) is 4.20. The number of aromatic nitrogens is 2. The molecule has 1 heterocycles. The molecule has 20 heavy (non-hydrogen) atoms. The quantitative estimate of drug-likeness (QED) is 0.678. The molecule has 2 nitrogen and oxygen atoms in total. The Morgan fingerprint density at radius 2 is 1.90 bits per heavy atom. The van der Waals surface area contributed by atoms with E-state index in [1.807, 2.05) is 42.2 Å². The van der Waals surface area contributed by atoms with Crippen molar-refractivity contribution in [3.8, 4) is 0 Å². The van der Waals surface area contributed by atoms with Gasteiger partial charge in [0.1, 0.15) is 0 Å². The topological polar surface area (TPSA) is 17.8 Å². The normalized spacial score (nSPS) is 11.8. The molecule has 1 aromatic carbocycles. The van der Waals surface area contributed by atoms with Crippen molar-refractivity contribution in [3.05, 3.63) is 52.3 Å². The summed E-state index contributed by atoms with van der Waals surface area (Å²) in [5.41, 5.74) is 2.14. The molecule has 5 heteroatoms. The molecule has 1 aromatic heterocycles. The average Bonchev–Trinajstić information content (AvgIpc) is 2.87. The lowest BCUT2D eigenvalue weighted by atomic mass is 9.79. The highest BCUT2D eigenvalue weighted by Crippen LogP contribution is 2.36. The molecule has 2 rings (SSSR count). The fraction of sp³-hybridized carbons (Fsp3) is 0.400. The average molecular weight is 376 g/mol. The number of hydrogen-bond acceptors (Lipinski definition) is 1. The fourth-order valence-electron chi connectivity index (χ4n) is 2.35. The van der Waals surface area contributed by atoms with E-state index in [9.17, 15) is 0 Å². The molecule has 0 radical (unpaired) electrons. The van der Waals surface area contributed by atoms with Crippen LogP contribution in [-0.2, 0) is 18.9 Å². The number of hydrogen-bond donors (Lipinski definition) is 0. The van der Waals surface area contributed by atoms with Crippen LogP contribution >= 0.6 is 39.1 Å². The molecule has 0 spiro atoms. The van der Waals surface area contributed by atoms with Gasteiger partial charge >= 0.3 is 0 Å². The van der Waals surface area contributed by atoms with E-state index in [1.165, 1.54) is 11.3 Å². The number of aryl methyl sites for hydroxylation is 2. The second kappa shape index (κ2) is 6.97. The highest BCUT2D eigenvalue weighted by molar-refractivity contribution is 9.10. The summed E-state index contributed by atoms with van der Waals surface area (Å²) < 4.78 is 2.96. The first-order chi connectivity index (χ1) is 9.63. The minimum absolute atomic E-state index is 0.229. The molecule has 0 saturated heterocycles. The van der Waals surface area contributed by atoms with Crippen LogP contribution in [0.2, 0.25) is 0 Å². The van der Waals surface area contributed by atoms with E-state index < -0.39 is 0 Å². The maximum absolute atomic E-state index is 6.28. The van der Waals surface area contributed by atoms with Crippen LogP contribution in [0.3, 0.4) is 0 Å². The summed E-state index contributed by atoms with van der Waals surface area (Å²) in [6.45, 7) is 0. The summed E-state index contributed by atoms with van der Waals surface area (Å²) in [6.07, 6.45) is 3.61. The first-order valence-corrected chi connectivity index (χ1v) is 8.33. The Kier molecular flexibility index (Phi) is 5.53. The van der Waals surface area contributed by atoms with Gasteiger partial charge in [-0.25, -0.2) is 0 Å². The lowest BCUT2D eigenvalue weighted by Gasteiger charge is -2.31. The van der Waals surface area contributed by atoms with Crippen molar-refractivity contribution in [1.82, 2.24) is 9.78 Å². The van der Waals surface area contributed by atoms with Crippen molar-refractivity contribution in [3.63, 3.8) is 0 Å². The highest BCUT2D eigenvalue weighted by atomic mass is 79.9. The molecule has 0 unspecified atom stereocenters. The van der Waals surface area contributed by atoms with E-state index in [1.54, 1.807) is 0 Å². The Morgan fingerprint density at radius 3 is 2.45 bits per heavy atom. The molecule has 0 atom stereocenters. The van der Waals surface area contributed by atoms with Gasteiger partial charge in [0.05, 0.1) is 0 Å². The molecule has 108 valence electrons. The Morgan fingerprint density at radius 1 is 1.20 bits per heavy atom. The molecule has 0 N–H and O–H groups in total. The second-order valence-electron chi connectivity index (χ2n) is 4.97. The SMILES string of the molecule is Cn1nccc1CCC(CCl)(CCl)c1ccccc1Br. The monoisotopic (exact) mass is 374 g/mol. The van der Waals surface area contributed by atoms with Crippen LogP contribution in [0.4, 0.5) is 0 Å². The van der Waals surface area contributed by atoms with E-state index in [0.717, 1.165) is 17.3 Å². The van der Waals surface area contributed by atoms with Crippen molar-refractivity contribution in [1.29, 1.82) is 0 Å². The van der Waals surface area contributed by atoms with Crippen LogP contribution in [0.25, 0.3) is 0 Å². The highest BCUT2D eigenvalue weighted by Gasteiger charge is 2.32. The number of nitrogens with zero attached hydrogens (tertiary/aromatic N) is 2. The predicted octanol–water partition coefficient (Wildman–Crippen LogP) is 4.53. The van der Waals surface area contributed by atoms with E-state index in [-0.39, 0.29) is 5.41 Å². The van der Waals surface area contributed by atoms with Crippen molar-refractivity contribution in [2.45, 2.75) is 18.3 Å². The van der Waals surface area contributed by atoms with Gasteiger partial charge in [0.25, 0.3) is 0 Å². The molecule has 0 aliphatic heterocycles. The van der Waals surface area contributed by atoms with E-state index >= 15 is 0 Å².